The molecule has 1 unspecified atom stereocenters. The number of carbonyl (C=O) groups excluding carboxylic acids is 1. The lowest BCUT2D eigenvalue weighted by atomic mass is 10.1. The molecule has 2 heterocycles. The summed E-state index contributed by atoms with van der Waals surface area (Å²) in [7, 11) is -4.19. The average Bonchev–Trinajstić information content (AvgIpc) is 3.18. The van der Waals surface area contributed by atoms with Crippen LogP contribution in [0.5, 0.6) is 0 Å². The Labute approximate surface area is 190 Å². The van der Waals surface area contributed by atoms with Crippen LogP contribution in [-0.4, -0.2) is 55.3 Å². The zero-order valence-electron chi connectivity index (χ0n) is 17.3. The second kappa shape index (κ2) is 11.4. The summed E-state index contributed by atoms with van der Waals surface area (Å²) < 4.78 is 41.7. The van der Waals surface area contributed by atoms with Gasteiger partial charge >= 0.3 is 0 Å². The Balaban J connectivity index is 1.66. The maximum atomic E-state index is 14.0. The Hall–Kier alpha value is -1.53. The molecule has 2 aromatic rings. The number of rotatable bonds is 10. The molecule has 1 aliphatic heterocycles. The number of nitrogens with zero attached hydrogens (tertiary/aromatic N) is 2. The monoisotopic (exact) mass is 486 g/mol. The van der Waals surface area contributed by atoms with Gasteiger partial charge in [0.15, 0.2) is 5.13 Å². The summed E-state index contributed by atoms with van der Waals surface area (Å²) in [5.74, 6) is -0.801. The number of amides is 1. The van der Waals surface area contributed by atoms with Crippen molar-refractivity contribution in [1.82, 2.24) is 14.6 Å². The number of benzene rings is 1. The molecule has 1 aromatic carbocycles. The van der Waals surface area contributed by atoms with Gasteiger partial charge in [0.2, 0.25) is 15.9 Å². The third kappa shape index (κ3) is 6.98. The van der Waals surface area contributed by atoms with Crippen LogP contribution in [0, 0.1) is 5.82 Å². The lowest BCUT2D eigenvalue weighted by Gasteiger charge is -2.25. The van der Waals surface area contributed by atoms with Crippen LogP contribution in [0.25, 0.3) is 0 Å². The van der Waals surface area contributed by atoms with Gasteiger partial charge in [0.25, 0.3) is 0 Å². The average molecular weight is 487 g/mol. The zero-order valence-corrected chi connectivity index (χ0v) is 19.8. The van der Waals surface area contributed by atoms with E-state index in [0.29, 0.717) is 10.9 Å². The number of thioether (sulfide) groups is 1. The lowest BCUT2D eigenvalue weighted by molar-refractivity contribution is -0.117. The van der Waals surface area contributed by atoms with E-state index < -0.39 is 32.7 Å². The van der Waals surface area contributed by atoms with E-state index in [1.807, 2.05) is 11.6 Å². The minimum atomic E-state index is -4.19. The van der Waals surface area contributed by atoms with E-state index in [1.54, 1.807) is 0 Å². The van der Waals surface area contributed by atoms with Gasteiger partial charge in [-0.15, -0.1) is 11.3 Å². The van der Waals surface area contributed by atoms with E-state index in [2.05, 4.69) is 19.9 Å². The maximum Gasteiger partial charge on any atom is 0.244 e. The van der Waals surface area contributed by atoms with Crippen molar-refractivity contribution in [2.24, 2.45) is 0 Å². The summed E-state index contributed by atoms with van der Waals surface area (Å²) >= 11 is 2.81. The summed E-state index contributed by atoms with van der Waals surface area (Å²) in [6, 6.07) is 4.07. The number of halogens is 1. The summed E-state index contributed by atoms with van der Waals surface area (Å²) in [5, 5.41) is 5.05. The van der Waals surface area contributed by atoms with Crippen molar-refractivity contribution in [3.63, 3.8) is 0 Å². The van der Waals surface area contributed by atoms with Crippen LogP contribution in [0.3, 0.4) is 0 Å². The van der Waals surface area contributed by atoms with Gasteiger partial charge in [0.1, 0.15) is 16.8 Å². The molecule has 1 saturated heterocycles. The van der Waals surface area contributed by atoms with Crippen LogP contribution in [0.1, 0.15) is 31.4 Å². The van der Waals surface area contributed by atoms with Crippen molar-refractivity contribution in [2.45, 2.75) is 43.2 Å². The summed E-state index contributed by atoms with van der Waals surface area (Å²) in [6.07, 6.45) is 5.77. The van der Waals surface area contributed by atoms with Gasteiger partial charge < -0.3 is 5.32 Å². The predicted octanol–water partition coefficient (Wildman–Crippen LogP) is 3.31. The largest absolute Gasteiger partial charge is 0.301 e. The molecule has 0 aliphatic carbocycles. The van der Waals surface area contributed by atoms with Crippen LogP contribution < -0.4 is 10.0 Å². The Morgan fingerprint density at radius 1 is 1.29 bits per heavy atom. The van der Waals surface area contributed by atoms with E-state index in [-0.39, 0.29) is 6.42 Å². The Morgan fingerprint density at radius 3 is 2.74 bits per heavy atom. The summed E-state index contributed by atoms with van der Waals surface area (Å²) in [4.78, 5) is 19.2. The maximum absolute atomic E-state index is 14.0. The SMILES string of the molecule is CSCCC(NS(=O)(=O)c1ccccc1F)C(=O)Nc1nc(CN2CCCCC2)cs1. The first-order chi connectivity index (χ1) is 14.9. The number of likely N-dealkylation sites (tertiary alicyclic amines) is 1. The minimum absolute atomic E-state index is 0.271. The molecule has 170 valence electrons. The van der Waals surface area contributed by atoms with Crippen LogP contribution in [0.2, 0.25) is 0 Å². The fourth-order valence-electron chi connectivity index (χ4n) is 3.37. The van der Waals surface area contributed by atoms with E-state index >= 15 is 0 Å². The van der Waals surface area contributed by atoms with Crippen LogP contribution >= 0.6 is 23.1 Å². The highest BCUT2D eigenvalue weighted by atomic mass is 32.2. The van der Waals surface area contributed by atoms with Crippen LogP contribution in [-0.2, 0) is 21.4 Å². The third-order valence-corrected chi connectivity index (χ3v) is 7.92. The standard InChI is InChI=1S/C20H27FN4O3S3/c1-29-12-9-17(24-31(27,28)18-8-4-3-7-16(18)21)19(26)23-20-22-15(14-30-20)13-25-10-5-2-6-11-25/h3-4,7-8,14,17,24H,2,5-6,9-13H2,1H3,(H,22,23,26). The number of piperidine rings is 1. The molecule has 1 atom stereocenters. The fraction of sp³-hybridized carbons (Fsp3) is 0.500. The smallest absolute Gasteiger partial charge is 0.244 e. The number of aromatic nitrogens is 1. The first kappa shape index (κ1) is 24.1. The number of carbonyl (C=O) groups is 1. The molecule has 1 fully saturated rings. The molecule has 0 saturated carbocycles. The first-order valence-corrected chi connectivity index (χ1v) is 13.9. The molecular weight excluding hydrogens is 459 g/mol. The van der Waals surface area contributed by atoms with Gasteiger partial charge in [0.05, 0.1) is 5.69 Å². The minimum Gasteiger partial charge on any atom is -0.301 e. The van der Waals surface area contributed by atoms with Gasteiger partial charge in [0, 0.05) is 11.9 Å². The van der Waals surface area contributed by atoms with Crippen molar-refractivity contribution in [1.29, 1.82) is 0 Å². The second-order valence-corrected chi connectivity index (χ2v) is 10.9. The van der Waals surface area contributed by atoms with E-state index in [4.69, 9.17) is 0 Å². The molecule has 31 heavy (non-hydrogen) atoms. The van der Waals surface area contributed by atoms with Gasteiger partial charge in [-0.2, -0.15) is 16.5 Å². The number of sulfonamides is 1. The second-order valence-electron chi connectivity index (χ2n) is 7.36. The lowest BCUT2D eigenvalue weighted by Crippen LogP contribution is -2.44. The Morgan fingerprint density at radius 2 is 2.03 bits per heavy atom. The number of hydrogen-bond acceptors (Lipinski definition) is 7. The molecule has 1 aliphatic rings. The van der Waals surface area contributed by atoms with Crippen LogP contribution in [0.15, 0.2) is 34.5 Å². The third-order valence-electron chi connectivity index (χ3n) is 4.97. The summed E-state index contributed by atoms with van der Waals surface area (Å²) in [5.41, 5.74) is 0.884. The van der Waals surface area contributed by atoms with Crippen molar-refractivity contribution < 1.29 is 17.6 Å². The van der Waals surface area contributed by atoms with E-state index in [9.17, 15) is 17.6 Å². The van der Waals surface area contributed by atoms with Crippen LogP contribution in [0.4, 0.5) is 9.52 Å². The number of thiazole rings is 1. The Bertz CT molecular complexity index is 978. The highest BCUT2D eigenvalue weighted by molar-refractivity contribution is 7.98. The van der Waals surface area contributed by atoms with Crippen molar-refractivity contribution in [3.05, 3.63) is 41.2 Å². The highest BCUT2D eigenvalue weighted by Gasteiger charge is 2.28. The first-order valence-electron chi connectivity index (χ1n) is 10.1. The van der Waals surface area contributed by atoms with Gasteiger partial charge in [-0.1, -0.05) is 18.6 Å². The highest BCUT2D eigenvalue weighted by Crippen LogP contribution is 2.20. The van der Waals surface area contributed by atoms with Gasteiger partial charge in [-0.05, 0) is 56.5 Å². The molecule has 7 nitrogen and oxygen atoms in total. The molecule has 3 rings (SSSR count). The van der Waals surface area contributed by atoms with E-state index in [1.165, 1.54) is 60.6 Å². The molecule has 0 spiro atoms. The van der Waals surface area contributed by atoms with Crippen molar-refractivity contribution in [3.8, 4) is 0 Å². The Kier molecular flexibility index (Phi) is 8.85. The molecule has 2 N–H and O–H groups in total. The number of anilines is 1. The zero-order chi connectivity index (χ0) is 22.3. The number of hydrogen-bond donors (Lipinski definition) is 2. The predicted molar refractivity (Wildman–Crippen MR) is 123 cm³/mol. The van der Waals surface area contributed by atoms with Crippen molar-refractivity contribution in [2.75, 3.05) is 30.4 Å². The fourth-order valence-corrected chi connectivity index (χ4v) is 5.85. The topological polar surface area (TPSA) is 91.4 Å². The molecule has 1 aromatic heterocycles. The number of nitrogens with one attached hydrogen (secondary N) is 2. The molecule has 1 amide bonds. The molecule has 0 radical (unpaired) electrons. The normalized spacial score (nSPS) is 16.2. The van der Waals surface area contributed by atoms with E-state index in [0.717, 1.165) is 31.4 Å². The van der Waals surface area contributed by atoms with Gasteiger partial charge in [-0.3, -0.25) is 9.69 Å². The van der Waals surface area contributed by atoms with Gasteiger partial charge in [-0.25, -0.2) is 17.8 Å². The molecular formula is C20H27FN4O3S3. The quantitative estimate of drug-likeness (QED) is 0.535. The molecule has 11 heteroatoms. The summed E-state index contributed by atoms with van der Waals surface area (Å²) in [6.45, 7) is 2.84. The molecule has 0 bridgehead atoms. The van der Waals surface area contributed by atoms with Crippen molar-refractivity contribution >= 4 is 44.2 Å².